The molecule has 23 heavy (non-hydrogen) atoms. The number of oxazole rings is 1. The highest BCUT2D eigenvalue weighted by molar-refractivity contribution is 7.89. The Morgan fingerprint density at radius 2 is 1.65 bits per heavy atom. The van der Waals surface area contributed by atoms with Gasteiger partial charge < -0.3 is 4.42 Å². The molecule has 5 heteroatoms. The van der Waals surface area contributed by atoms with Crippen molar-refractivity contribution >= 4 is 9.84 Å². The largest absolute Gasteiger partial charge is 0.444 e. The predicted molar refractivity (Wildman–Crippen MR) is 89.4 cm³/mol. The molecule has 0 N–H and O–H groups in total. The van der Waals surface area contributed by atoms with E-state index in [-0.39, 0.29) is 11.5 Å². The van der Waals surface area contributed by atoms with Gasteiger partial charge in [-0.25, -0.2) is 13.4 Å². The molecule has 0 aliphatic carbocycles. The van der Waals surface area contributed by atoms with E-state index in [4.69, 9.17) is 4.42 Å². The molecule has 0 atom stereocenters. The van der Waals surface area contributed by atoms with Gasteiger partial charge in [-0.1, -0.05) is 48.0 Å². The van der Waals surface area contributed by atoms with Crippen LogP contribution in [0, 0.1) is 6.92 Å². The summed E-state index contributed by atoms with van der Waals surface area (Å²) in [7, 11) is -3.29. The van der Waals surface area contributed by atoms with Crippen LogP contribution >= 0.6 is 0 Å². The number of aryl methyl sites for hydroxylation is 1. The lowest BCUT2D eigenvalue weighted by Crippen LogP contribution is -2.07. The molecule has 1 aromatic heterocycles. The average Bonchev–Trinajstić information content (AvgIpc) is 2.96. The zero-order valence-electron chi connectivity index (χ0n) is 12.8. The highest BCUT2D eigenvalue weighted by Gasteiger charge is 2.16. The van der Waals surface area contributed by atoms with Gasteiger partial charge in [-0.2, -0.15) is 0 Å². The summed E-state index contributed by atoms with van der Waals surface area (Å²) in [6.45, 7) is 2.00. The first-order valence-electron chi connectivity index (χ1n) is 7.28. The van der Waals surface area contributed by atoms with Crippen LogP contribution < -0.4 is 0 Å². The van der Waals surface area contributed by atoms with E-state index in [2.05, 4.69) is 4.98 Å². The first-order valence-corrected chi connectivity index (χ1v) is 9.10. The van der Waals surface area contributed by atoms with Crippen LogP contribution in [0.1, 0.15) is 16.8 Å². The molecule has 3 aromatic rings. The summed E-state index contributed by atoms with van der Waals surface area (Å²) in [4.78, 5) is 4.29. The van der Waals surface area contributed by atoms with Gasteiger partial charge in [0, 0.05) is 5.56 Å². The fraction of sp³-hybridized carbons (Fsp3) is 0.167. The third kappa shape index (κ3) is 4.07. The van der Waals surface area contributed by atoms with E-state index in [9.17, 15) is 8.42 Å². The monoisotopic (exact) mass is 327 g/mol. The van der Waals surface area contributed by atoms with E-state index in [0.717, 1.165) is 16.7 Å². The normalized spacial score (nSPS) is 11.5. The molecule has 0 fully saturated rings. The van der Waals surface area contributed by atoms with E-state index < -0.39 is 9.84 Å². The van der Waals surface area contributed by atoms with Crippen LogP contribution in [-0.4, -0.2) is 13.4 Å². The van der Waals surface area contributed by atoms with Crippen molar-refractivity contribution in [2.24, 2.45) is 0 Å². The smallest absolute Gasteiger partial charge is 0.226 e. The van der Waals surface area contributed by atoms with Gasteiger partial charge in [-0.3, -0.25) is 0 Å². The van der Waals surface area contributed by atoms with Gasteiger partial charge in [0.25, 0.3) is 0 Å². The summed E-state index contributed by atoms with van der Waals surface area (Å²) < 4.78 is 30.0. The van der Waals surface area contributed by atoms with Gasteiger partial charge in [0.1, 0.15) is 6.26 Å². The van der Waals surface area contributed by atoms with Crippen LogP contribution in [-0.2, 0) is 21.3 Å². The lowest BCUT2D eigenvalue weighted by Gasteiger charge is -2.02. The fourth-order valence-electron chi connectivity index (χ4n) is 2.31. The quantitative estimate of drug-likeness (QED) is 0.716. The minimum atomic E-state index is -3.29. The minimum absolute atomic E-state index is 0.000561. The van der Waals surface area contributed by atoms with Crippen LogP contribution in [0.25, 0.3) is 11.5 Å². The molecule has 0 aliphatic rings. The zero-order chi connectivity index (χ0) is 16.3. The van der Waals surface area contributed by atoms with Crippen molar-refractivity contribution in [3.8, 4) is 11.5 Å². The Labute approximate surface area is 135 Å². The van der Waals surface area contributed by atoms with Crippen LogP contribution in [0.15, 0.2) is 65.3 Å². The maximum Gasteiger partial charge on any atom is 0.226 e. The van der Waals surface area contributed by atoms with E-state index in [1.807, 2.05) is 49.4 Å². The Hall–Kier alpha value is -2.40. The molecule has 0 unspecified atom stereocenters. The summed E-state index contributed by atoms with van der Waals surface area (Å²) in [6.07, 6.45) is 1.41. The predicted octanol–water partition coefficient (Wildman–Crippen LogP) is 3.77. The Morgan fingerprint density at radius 3 is 2.35 bits per heavy atom. The molecule has 0 radical (unpaired) electrons. The Bertz CT molecular complexity index is 882. The fourth-order valence-corrected chi connectivity index (χ4v) is 3.69. The molecule has 1 heterocycles. The minimum Gasteiger partial charge on any atom is -0.444 e. The third-order valence-electron chi connectivity index (χ3n) is 3.45. The number of rotatable bonds is 5. The topological polar surface area (TPSA) is 60.2 Å². The Kier molecular flexibility index (Phi) is 4.30. The first kappa shape index (κ1) is 15.5. The van der Waals surface area contributed by atoms with Crippen LogP contribution in [0.2, 0.25) is 0 Å². The van der Waals surface area contributed by atoms with E-state index in [0.29, 0.717) is 11.6 Å². The van der Waals surface area contributed by atoms with Gasteiger partial charge in [-0.05, 0) is 24.6 Å². The second-order valence-corrected chi connectivity index (χ2v) is 7.59. The third-order valence-corrected chi connectivity index (χ3v) is 4.96. The molecule has 0 bridgehead atoms. The molecule has 2 aromatic carbocycles. The number of nitrogens with zero attached hydrogens (tertiary/aromatic N) is 1. The zero-order valence-corrected chi connectivity index (χ0v) is 13.6. The summed E-state index contributed by atoms with van der Waals surface area (Å²) in [5.74, 6) is 0.313. The van der Waals surface area contributed by atoms with Gasteiger partial charge >= 0.3 is 0 Å². The van der Waals surface area contributed by atoms with Crippen LogP contribution in [0.5, 0.6) is 0 Å². The van der Waals surface area contributed by atoms with Gasteiger partial charge in [0.2, 0.25) is 5.89 Å². The SMILES string of the molecule is Cc1ccc(-c2nc(CS(=O)(=O)Cc3ccccc3)co2)cc1. The van der Waals surface area contributed by atoms with Crippen molar-refractivity contribution in [1.82, 2.24) is 4.98 Å². The Morgan fingerprint density at radius 1 is 0.957 bits per heavy atom. The maximum absolute atomic E-state index is 12.3. The Balaban J connectivity index is 1.74. The molecule has 0 saturated heterocycles. The van der Waals surface area contributed by atoms with E-state index in [1.54, 1.807) is 12.1 Å². The maximum atomic E-state index is 12.3. The number of aromatic nitrogens is 1. The van der Waals surface area contributed by atoms with Crippen molar-refractivity contribution in [2.45, 2.75) is 18.4 Å². The second kappa shape index (κ2) is 6.38. The highest BCUT2D eigenvalue weighted by atomic mass is 32.2. The second-order valence-electron chi connectivity index (χ2n) is 5.53. The number of benzene rings is 2. The lowest BCUT2D eigenvalue weighted by atomic mass is 10.1. The number of sulfone groups is 1. The molecule has 0 saturated carbocycles. The van der Waals surface area contributed by atoms with Crippen molar-refractivity contribution in [2.75, 3.05) is 0 Å². The number of hydrogen-bond acceptors (Lipinski definition) is 4. The van der Waals surface area contributed by atoms with Crippen LogP contribution in [0.4, 0.5) is 0 Å². The van der Waals surface area contributed by atoms with Crippen molar-refractivity contribution in [1.29, 1.82) is 0 Å². The lowest BCUT2D eigenvalue weighted by molar-refractivity contribution is 0.571. The summed E-state index contributed by atoms with van der Waals surface area (Å²) in [5, 5.41) is 0. The molecule has 118 valence electrons. The molecular weight excluding hydrogens is 310 g/mol. The van der Waals surface area contributed by atoms with Gasteiger partial charge in [0.15, 0.2) is 9.84 Å². The standard InChI is InChI=1S/C18H17NO3S/c1-14-7-9-16(10-8-14)18-19-17(11-22-18)13-23(20,21)12-15-5-3-2-4-6-15/h2-11H,12-13H2,1H3. The van der Waals surface area contributed by atoms with E-state index >= 15 is 0 Å². The summed E-state index contributed by atoms with van der Waals surface area (Å²) >= 11 is 0. The van der Waals surface area contributed by atoms with Gasteiger partial charge in [0.05, 0.1) is 17.2 Å². The number of hydrogen-bond donors (Lipinski definition) is 0. The molecule has 3 rings (SSSR count). The first-order chi connectivity index (χ1) is 11.0. The average molecular weight is 327 g/mol. The molecule has 0 aliphatic heterocycles. The highest BCUT2D eigenvalue weighted by Crippen LogP contribution is 2.20. The molecule has 0 amide bonds. The van der Waals surface area contributed by atoms with Crippen molar-refractivity contribution < 1.29 is 12.8 Å². The van der Waals surface area contributed by atoms with Gasteiger partial charge in [-0.15, -0.1) is 0 Å². The molecule has 0 spiro atoms. The van der Waals surface area contributed by atoms with Crippen molar-refractivity contribution in [3.05, 3.63) is 77.7 Å². The molecule has 4 nitrogen and oxygen atoms in total. The van der Waals surface area contributed by atoms with Crippen molar-refractivity contribution in [3.63, 3.8) is 0 Å². The summed E-state index contributed by atoms with van der Waals surface area (Å²) in [5.41, 5.74) is 3.18. The van der Waals surface area contributed by atoms with Crippen LogP contribution in [0.3, 0.4) is 0 Å². The summed E-state index contributed by atoms with van der Waals surface area (Å²) in [6, 6.07) is 16.9. The van der Waals surface area contributed by atoms with E-state index in [1.165, 1.54) is 6.26 Å². The molecular formula is C18H17NO3S.